The first-order valence-electron chi connectivity index (χ1n) is 6.03. The number of nitrogens with two attached hydrogens (primary N) is 2. The Morgan fingerprint density at radius 3 is 2.55 bits per heavy atom. The summed E-state index contributed by atoms with van der Waals surface area (Å²) in [5.74, 6) is -0.0608. The summed E-state index contributed by atoms with van der Waals surface area (Å²) in [4.78, 5) is 3.98. The van der Waals surface area contributed by atoms with Gasteiger partial charge in [0.05, 0.1) is 11.4 Å². The Kier molecular flexibility index (Phi) is 4.21. The highest BCUT2D eigenvalue weighted by molar-refractivity contribution is 7.89. The van der Waals surface area contributed by atoms with Crippen LogP contribution in [0.5, 0.6) is 0 Å². The predicted octanol–water partition coefficient (Wildman–Crippen LogP) is 0.392. The quantitative estimate of drug-likeness (QED) is 0.420. The molecule has 5 N–H and O–H groups in total. The van der Waals surface area contributed by atoms with Gasteiger partial charge >= 0.3 is 0 Å². The van der Waals surface area contributed by atoms with Gasteiger partial charge in [-0.2, -0.15) is 0 Å². The lowest BCUT2D eigenvalue weighted by molar-refractivity contribution is 0.583. The van der Waals surface area contributed by atoms with Crippen LogP contribution >= 0.6 is 0 Å². The number of aliphatic imine (C=N–C) groups is 1. The first-order valence-corrected chi connectivity index (χ1v) is 7.52. The molecule has 7 heteroatoms. The van der Waals surface area contributed by atoms with Gasteiger partial charge < -0.3 is 11.5 Å². The van der Waals surface area contributed by atoms with Gasteiger partial charge in [-0.3, -0.25) is 4.99 Å². The van der Waals surface area contributed by atoms with E-state index in [1.165, 1.54) is 0 Å². The van der Waals surface area contributed by atoms with Crippen LogP contribution < -0.4 is 16.2 Å². The van der Waals surface area contributed by atoms with Crippen LogP contribution in [0.25, 0.3) is 10.8 Å². The molecule has 20 heavy (non-hydrogen) atoms. The van der Waals surface area contributed by atoms with E-state index >= 15 is 0 Å². The summed E-state index contributed by atoms with van der Waals surface area (Å²) in [6, 6.07) is 12.5. The summed E-state index contributed by atoms with van der Waals surface area (Å²) in [6.07, 6.45) is 0. The molecule has 0 saturated carbocycles. The van der Waals surface area contributed by atoms with Crippen molar-refractivity contribution in [2.45, 2.75) is 4.90 Å². The minimum Gasteiger partial charge on any atom is -0.370 e. The Morgan fingerprint density at radius 2 is 1.80 bits per heavy atom. The average Bonchev–Trinajstić information content (AvgIpc) is 2.43. The van der Waals surface area contributed by atoms with E-state index in [2.05, 4.69) is 9.71 Å². The maximum Gasteiger partial charge on any atom is 0.241 e. The number of benzene rings is 2. The molecule has 2 aromatic carbocycles. The number of nitrogens with zero attached hydrogens (tertiary/aromatic N) is 1. The number of guanidine groups is 1. The lowest BCUT2D eigenvalue weighted by atomic mass is 10.1. The molecule has 0 fully saturated rings. The van der Waals surface area contributed by atoms with Crippen molar-refractivity contribution >= 4 is 26.8 Å². The second-order valence-electron chi connectivity index (χ2n) is 4.18. The van der Waals surface area contributed by atoms with Crippen molar-refractivity contribution in [2.75, 3.05) is 13.1 Å². The maximum absolute atomic E-state index is 12.3. The van der Waals surface area contributed by atoms with Gasteiger partial charge in [-0.1, -0.05) is 36.4 Å². The van der Waals surface area contributed by atoms with Gasteiger partial charge in [-0.25, -0.2) is 13.1 Å². The summed E-state index contributed by atoms with van der Waals surface area (Å²) < 4.78 is 27.0. The third kappa shape index (κ3) is 3.25. The van der Waals surface area contributed by atoms with Crippen molar-refractivity contribution in [2.24, 2.45) is 16.5 Å². The van der Waals surface area contributed by atoms with Gasteiger partial charge in [-0.05, 0) is 11.5 Å². The number of fused-ring (bicyclic) bond motifs is 1. The Balaban J connectivity index is 2.26. The molecule has 0 bridgehead atoms. The number of sulfonamides is 1. The molecule has 0 unspecified atom stereocenters. The molecule has 0 aliphatic heterocycles. The van der Waals surface area contributed by atoms with E-state index in [1.54, 1.807) is 24.3 Å². The largest absolute Gasteiger partial charge is 0.370 e. The van der Waals surface area contributed by atoms with Gasteiger partial charge in [-0.15, -0.1) is 0 Å². The van der Waals surface area contributed by atoms with Crippen LogP contribution in [0.15, 0.2) is 52.4 Å². The minimum absolute atomic E-state index is 0.0608. The molecule has 0 radical (unpaired) electrons. The van der Waals surface area contributed by atoms with Gasteiger partial charge in [0.15, 0.2) is 5.96 Å². The second kappa shape index (κ2) is 5.89. The van der Waals surface area contributed by atoms with Gasteiger partial charge in [0.2, 0.25) is 10.0 Å². The highest BCUT2D eigenvalue weighted by atomic mass is 32.2. The van der Waals surface area contributed by atoms with Crippen molar-refractivity contribution in [1.82, 2.24) is 4.72 Å². The molecule has 0 aromatic heterocycles. The second-order valence-corrected chi connectivity index (χ2v) is 5.92. The van der Waals surface area contributed by atoms with Gasteiger partial charge in [0.25, 0.3) is 0 Å². The third-order valence-electron chi connectivity index (χ3n) is 2.74. The zero-order valence-corrected chi connectivity index (χ0v) is 11.6. The number of hydrogen-bond donors (Lipinski definition) is 3. The SMILES string of the molecule is NC(N)=NCCNS(=O)(=O)c1cccc2ccccc12. The maximum atomic E-state index is 12.3. The van der Waals surface area contributed by atoms with Crippen LogP contribution in [-0.4, -0.2) is 27.5 Å². The van der Waals surface area contributed by atoms with E-state index in [0.717, 1.165) is 5.39 Å². The fourth-order valence-electron chi connectivity index (χ4n) is 1.87. The summed E-state index contributed by atoms with van der Waals surface area (Å²) in [6.45, 7) is 0.343. The summed E-state index contributed by atoms with van der Waals surface area (Å²) in [7, 11) is -3.59. The Bertz CT molecular complexity index is 732. The molecule has 106 valence electrons. The van der Waals surface area contributed by atoms with E-state index < -0.39 is 10.0 Å². The van der Waals surface area contributed by atoms with E-state index in [0.29, 0.717) is 5.39 Å². The summed E-state index contributed by atoms with van der Waals surface area (Å²) >= 11 is 0. The number of hydrogen-bond acceptors (Lipinski definition) is 3. The molecule has 0 aliphatic carbocycles. The Labute approximate surface area is 117 Å². The zero-order valence-electron chi connectivity index (χ0n) is 10.8. The third-order valence-corrected chi connectivity index (χ3v) is 4.26. The Morgan fingerprint density at radius 1 is 1.10 bits per heavy atom. The summed E-state index contributed by atoms with van der Waals surface area (Å²) in [5, 5.41) is 1.56. The minimum atomic E-state index is -3.59. The lowest BCUT2D eigenvalue weighted by Gasteiger charge is -2.08. The standard InChI is InChI=1S/C13H16N4O2S/c14-13(15)16-8-9-17-20(18,19)12-7-3-5-10-4-1-2-6-11(10)12/h1-7,17H,8-9H2,(H4,14,15,16). The lowest BCUT2D eigenvalue weighted by Crippen LogP contribution is -2.29. The van der Waals surface area contributed by atoms with Crippen LogP contribution in [-0.2, 0) is 10.0 Å². The van der Waals surface area contributed by atoms with E-state index in [-0.39, 0.29) is 23.9 Å². The topological polar surface area (TPSA) is 111 Å². The van der Waals surface area contributed by atoms with E-state index in [1.807, 2.05) is 18.2 Å². The Hall–Kier alpha value is -2.12. The summed E-state index contributed by atoms with van der Waals surface area (Å²) in [5.41, 5.74) is 10.4. The van der Waals surface area contributed by atoms with Gasteiger partial charge in [0.1, 0.15) is 0 Å². The molecule has 0 spiro atoms. The fourth-order valence-corrected chi connectivity index (χ4v) is 3.12. The molecule has 0 amide bonds. The van der Waals surface area contributed by atoms with Crippen molar-refractivity contribution < 1.29 is 8.42 Å². The number of rotatable bonds is 5. The van der Waals surface area contributed by atoms with E-state index in [4.69, 9.17) is 11.5 Å². The molecule has 0 saturated heterocycles. The van der Waals surface area contributed by atoms with Crippen molar-refractivity contribution in [3.05, 3.63) is 42.5 Å². The molecular weight excluding hydrogens is 276 g/mol. The molecule has 0 aliphatic rings. The molecule has 0 atom stereocenters. The highest BCUT2D eigenvalue weighted by Gasteiger charge is 2.15. The van der Waals surface area contributed by atoms with Gasteiger partial charge in [0, 0.05) is 11.9 Å². The van der Waals surface area contributed by atoms with Crippen LogP contribution in [0.2, 0.25) is 0 Å². The monoisotopic (exact) mass is 292 g/mol. The average molecular weight is 292 g/mol. The molecule has 6 nitrogen and oxygen atoms in total. The van der Waals surface area contributed by atoms with Crippen LogP contribution in [0.3, 0.4) is 0 Å². The van der Waals surface area contributed by atoms with Crippen molar-refractivity contribution in [3.8, 4) is 0 Å². The van der Waals surface area contributed by atoms with E-state index in [9.17, 15) is 8.42 Å². The van der Waals surface area contributed by atoms with Crippen LogP contribution in [0.4, 0.5) is 0 Å². The first kappa shape index (κ1) is 14.3. The normalized spacial score (nSPS) is 11.4. The molecular formula is C13H16N4O2S. The molecule has 2 rings (SSSR count). The van der Waals surface area contributed by atoms with Crippen LogP contribution in [0.1, 0.15) is 0 Å². The smallest absolute Gasteiger partial charge is 0.241 e. The number of nitrogens with one attached hydrogen (secondary N) is 1. The molecule has 2 aromatic rings. The first-order chi connectivity index (χ1) is 9.50. The fraction of sp³-hybridized carbons (Fsp3) is 0.154. The van der Waals surface area contributed by atoms with Crippen molar-refractivity contribution in [1.29, 1.82) is 0 Å². The zero-order chi connectivity index (χ0) is 14.6. The molecule has 0 heterocycles. The predicted molar refractivity (Wildman–Crippen MR) is 79.8 cm³/mol. The van der Waals surface area contributed by atoms with Crippen LogP contribution in [0, 0.1) is 0 Å². The highest BCUT2D eigenvalue weighted by Crippen LogP contribution is 2.22. The van der Waals surface area contributed by atoms with Crippen molar-refractivity contribution in [3.63, 3.8) is 0 Å².